The van der Waals surface area contributed by atoms with Crippen LogP contribution in [0.5, 0.6) is 5.75 Å². The second kappa shape index (κ2) is 12.1. The molecule has 8 heteroatoms. The molecule has 0 bridgehead atoms. The molecule has 2 aromatic carbocycles. The van der Waals surface area contributed by atoms with Crippen LogP contribution in [0.2, 0.25) is 5.02 Å². The molecule has 0 radical (unpaired) electrons. The molecule has 2 saturated heterocycles. The lowest BCUT2D eigenvalue weighted by molar-refractivity contribution is -0.139. The molecule has 0 saturated carbocycles. The summed E-state index contributed by atoms with van der Waals surface area (Å²) < 4.78 is 10.2. The largest absolute Gasteiger partial charge is 0.497 e. The van der Waals surface area contributed by atoms with Crippen molar-refractivity contribution >= 4 is 23.4 Å². The predicted octanol–water partition coefficient (Wildman–Crippen LogP) is 4.06. The van der Waals surface area contributed by atoms with Gasteiger partial charge in [0, 0.05) is 31.8 Å². The number of nitrogens with zero attached hydrogens (tertiary/aromatic N) is 2. The van der Waals surface area contributed by atoms with Gasteiger partial charge in [0.2, 0.25) is 11.8 Å². The third-order valence-electron chi connectivity index (χ3n) is 7.56. The van der Waals surface area contributed by atoms with E-state index in [-0.39, 0.29) is 24.0 Å². The maximum absolute atomic E-state index is 13.4. The summed E-state index contributed by atoms with van der Waals surface area (Å²) >= 11 is 6.06. The molecule has 4 rings (SSSR count). The van der Waals surface area contributed by atoms with Crippen LogP contribution in [0.4, 0.5) is 0 Å². The summed E-state index contributed by atoms with van der Waals surface area (Å²) in [4.78, 5) is 30.0. The number of hydrogen-bond donors (Lipinski definition) is 1. The number of halogens is 1. The predicted molar refractivity (Wildman–Crippen MR) is 140 cm³/mol. The quantitative estimate of drug-likeness (QED) is 0.519. The van der Waals surface area contributed by atoms with Crippen LogP contribution in [0.1, 0.15) is 42.9 Å². The highest BCUT2D eigenvalue weighted by atomic mass is 35.5. The Morgan fingerprint density at radius 3 is 2.33 bits per heavy atom. The van der Waals surface area contributed by atoms with Gasteiger partial charge in [-0.2, -0.15) is 0 Å². The van der Waals surface area contributed by atoms with Crippen molar-refractivity contribution in [1.29, 1.82) is 0 Å². The number of methoxy groups -OCH3 is 2. The Morgan fingerprint density at radius 2 is 1.69 bits per heavy atom. The standard InChI is InChI=1S/C28H36ClN3O4/c1-35-20-26(33)30-25(22-5-7-23(29)8-6-22)11-15-31-16-12-28(13-17-31)14-18-32(27(28)34)19-21-3-9-24(36-2)10-4-21/h3-10,25H,11-20H2,1-2H3,(H,30,33). The Labute approximate surface area is 218 Å². The van der Waals surface area contributed by atoms with Gasteiger partial charge in [-0.05, 0) is 74.2 Å². The average Bonchev–Trinajstić information content (AvgIpc) is 3.18. The van der Waals surface area contributed by atoms with Crippen molar-refractivity contribution in [2.45, 2.75) is 38.3 Å². The second-order valence-electron chi connectivity index (χ2n) is 9.84. The first-order valence-electron chi connectivity index (χ1n) is 12.6. The van der Waals surface area contributed by atoms with E-state index in [4.69, 9.17) is 21.1 Å². The van der Waals surface area contributed by atoms with E-state index in [1.807, 2.05) is 53.4 Å². The van der Waals surface area contributed by atoms with Crippen molar-refractivity contribution < 1.29 is 19.1 Å². The van der Waals surface area contributed by atoms with Crippen LogP contribution >= 0.6 is 11.6 Å². The Hall–Kier alpha value is -2.61. The van der Waals surface area contributed by atoms with Gasteiger partial charge in [0.1, 0.15) is 12.4 Å². The van der Waals surface area contributed by atoms with Gasteiger partial charge in [-0.15, -0.1) is 0 Å². The summed E-state index contributed by atoms with van der Waals surface area (Å²) in [5.41, 5.74) is 1.92. The van der Waals surface area contributed by atoms with E-state index in [1.54, 1.807) is 7.11 Å². The fourth-order valence-electron chi connectivity index (χ4n) is 5.36. The van der Waals surface area contributed by atoms with Gasteiger partial charge in [0.05, 0.1) is 18.6 Å². The molecule has 1 spiro atoms. The molecule has 2 heterocycles. The highest BCUT2D eigenvalue weighted by Crippen LogP contribution is 2.42. The van der Waals surface area contributed by atoms with Crippen LogP contribution in [-0.2, 0) is 20.9 Å². The Morgan fingerprint density at radius 1 is 1.03 bits per heavy atom. The monoisotopic (exact) mass is 513 g/mol. The van der Waals surface area contributed by atoms with Gasteiger partial charge in [0.15, 0.2) is 0 Å². The second-order valence-corrected chi connectivity index (χ2v) is 10.3. The Balaban J connectivity index is 1.30. The van der Waals surface area contributed by atoms with Crippen LogP contribution < -0.4 is 10.1 Å². The maximum Gasteiger partial charge on any atom is 0.246 e. The normalized spacial score (nSPS) is 18.4. The lowest BCUT2D eigenvalue weighted by Crippen LogP contribution is -2.45. The molecule has 1 N–H and O–H groups in total. The van der Waals surface area contributed by atoms with E-state index in [0.29, 0.717) is 17.5 Å². The van der Waals surface area contributed by atoms with Crippen LogP contribution in [0.25, 0.3) is 0 Å². The number of carbonyl (C=O) groups is 2. The molecule has 0 aromatic heterocycles. The zero-order chi connectivity index (χ0) is 25.5. The minimum Gasteiger partial charge on any atom is -0.497 e. The summed E-state index contributed by atoms with van der Waals surface area (Å²) in [7, 11) is 3.17. The lowest BCUT2D eigenvalue weighted by atomic mass is 9.77. The van der Waals surface area contributed by atoms with Crippen molar-refractivity contribution in [3.8, 4) is 5.75 Å². The number of benzene rings is 2. The molecule has 194 valence electrons. The number of hydrogen-bond acceptors (Lipinski definition) is 5. The molecule has 0 aliphatic carbocycles. The average molecular weight is 514 g/mol. The van der Waals surface area contributed by atoms with E-state index in [2.05, 4.69) is 10.2 Å². The molecule has 2 fully saturated rings. The molecular formula is C28H36ClN3O4. The number of amides is 2. The summed E-state index contributed by atoms with van der Waals surface area (Å²) in [6, 6.07) is 15.4. The van der Waals surface area contributed by atoms with Crippen LogP contribution in [-0.4, -0.2) is 68.6 Å². The molecule has 2 aromatic rings. The maximum atomic E-state index is 13.4. The SMILES string of the molecule is COCC(=O)NC(CCN1CCC2(CC1)CCN(Cc1ccc(OC)cc1)C2=O)c1ccc(Cl)cc1. The number of piperidine rings is 1. The van der Waals surface area contributed by atoms with Gasteiger partial charge in [-0.25, -0.2) is 0 Å². The van der Waals surface area contributed by atoms with E-state index >= 15 is 0 Å². The topological polar surface area (TPSA) is 71.1 Å². The van der Waals surface area contributed by atoms with Crippen LogP contribution in [0.15, 0.2) is 48.5 Å². The van der Waals surface area contributed by atoms with Gasteiger partial charge in [0.25, 0.3) is 0 Å². The zero-order valence-electron chi connectivity index (χ0n) is 21.2. The first-order chi connectivity index (χ1) is 17.4. The van der Waals surface area contributed by atoms with Crippen molar-refractivity contribution in [1.82, 2.24) is 15.1 Å². The van der Waals surface area contributed by atoms with Crippen molar-refractivity contribution in [2.24, 2.45) is 5.41 Å². The van der Waals surface area contributed by atoms with E-state index < -0.39 is 0 Å². The molecular weight excluding hydrogens is 478 g/mol. The van der Waals surface area contributed by atoms with Gasteiger partial charge >= 0.3 is 0 Å². The molecule has 2 aliphatic rings. The summed E-state index contributed by atoms with van der Waals surface area (Å²) in [5.74, 6) is 0.985. The smallest absolute Gasteiger partial charge is 0.246 e. The Bertz CT molecular complexity index is 1020. The number of likely N-dealkylation sites (tertiary alicyclic amines) is 2. The van der Waals surface area contributed by atoms with E-state index in [1.165, 1.54) is 7.11 Å². The molecule has 2 amide bonds. The van der Waals surface area contributed by atoms with Crippen molar-refractivity contribution in [3.63, 3.8) is 0 Å². The molecule has 36 heavy (non-hydrogen) atoms. The van der Waals surface area contributed by atoms with E-state index in [9.17, 15) is 9.59 Å². The fraction of sp³-hybridized carbons (Fsp3) is 0.500. The highest BCUT2D eigenvalue weighted by molar-refractivity contribution is 6.30. The first kappa shape index (κ1) is 26.5. The summed E-state index contributed by atoms with van der Waals surface area (Å²) in [5, 5.41) is 3.75. The number of nitrogens with one attached hydrogen (secondary N) is 1. The van der Waals surface area contributed by atoms with Crippen molar-refractivity contribution in [2.75, 3.05) is 47.0 Å². The zero-order valence-corrected chi connectivity index (χ0v) is 21.9. The highest BCUT2D eigenvalue weighted by Gasteiger charge is 2.47. The minimum atomic E-state index is -0.231. The van der Waals surface area contributed by atoms with Crippen LogP contribution in [0.3, 0.4) is 0 Å². The molecule has 1 atom stereocenters. The molecule has 2 aliphatic heterocycles. The summed E-state index contributed by atoms with van der Waals surface area (Å²) in [6.45, 7) is 4.13. The minimum absolute atomic E-state index is 0.0332. The van der Waals surface area contributed by atoms with Crippen molar-refractivity contribution in [3.05, 3.63) is 64.7 Å². The van der Waals surface area contributed by atoms with E-state index in [0.717, 1.165) is 68.7 Å². The lowest BCUT2D eigenvalue weighted by Gasteiger charge is -2.38. The molecule has 1 unspecified atom stereocenters. The Kier molecular flexibility index (Phi) is 8.88. The van der Waals surface area contributed by atoms with Gasteiger partial charge in [-0.3, -0.25) is 9.59 Å². The van der Waals surface area contributed by atoms with Gasteiger partial charge in [-0.1, -0.05) is 35.9 Å². The number of carbonyl (C=O) groups excluding carboxylic acids is 2. The number of ether oxygens (including phenoxy) is 2. The number of rotatable bonds is 10. The summed E-state index contributed by atoms with van der Waals surface area (Å²) in [6.07, 6.45) is 3.47. The first-order valence-corrected chi connectivity index (χ1v) is 13.0. The molecule has 7 nitrogen and oxygen atoms in total. The third kappa shape index (κ3) is 6.38. The third-order valence-corrected chi connectivity index (χ3v) is 7.82. The van der Waals surface area contributed by atoms with Gasteiger partial charge < -0.3 is 24.6 Å². The van der Waals surface area contributed by atoms with Crippen LogP contribution in [0, 0.1) is 5.41 Å². The fourth-order valence-corrected chi connectivity index (χ4v) is 5.49.